The van der Waals surface area contributed by atoms with Gasteiger partial charge < -0.3 is 10.1 Å². The average Bonchev–Trinajstić information content (AvgIpc) is 2.71. The molecule has 0 unspecified atom stereocenters. The lowest BCUT2D eigenvalue weighted by molar-refractivity contribution is -0.385. The summed E-state index contributed by atoms with van der Waals surface area (Å²) in [7, 11) is -4.11. The number of nitrogens with one attached hydrogen (secondary N) is 2. The second kappa shape index (κ2) is 10.7. The van der Waals surface area contributed by atoms with Gasteiger partial charge in [-0.15, -0.1) is 0 Å². The third-order valence-corrected chi connectivity index (χ3v) is 6.93. The van der Waals surface area contributed by atoms with Gasteiger partial charge in [-0.25, -0.2) is 13.2 Å². The smallest absolute Gasteiger partial charge is 0.321 e. The molecule has 2 N–H and O–H groups in total. The summed E-state index contributed by atoms with van der Waals surface area (Å²) in [5, 5.41) is 15.3. The summed E-state index contributed by atoms with van der Waals surface area (Å²) in [5.41, 5.74) is -0.410. The Morgan fingerprint density at radius 2 is 1.91 bits per heavy atom. The molecule has 32 heavy (non-hydrogen) atoms. The number of nitro groups is 1. The van der Waals surface area contributed by atoms with E-state index in [2.05, 4.69) is 5.32 Å². The summed E-state index contributed by atoms with van der Waals surface area (Å²) in [6, 6.07) is 2.25. The van der Waals surface area contributed by atoms with Crippen molar-refractivity contribution in [1.29, 1.82) is 0 Å². The van der Waals surface area contributed by atoms with E-state index >= 15 is 0 Å². The van der Waals surface area contributed by atoms with Crippen LogP contribution in [0.2, 0.25) is 5.02 Å². The Morgan fingerprint density at radius 1 is 1.28 bits per heavy atom. The summed E-state index contributed by atoms with van der Waals surface area (Å²) in [4.78, 5) is 45.2. The molecule has 0 saturated carbocycles. The zero-order chi connectivity index (χ0) is 24.1. The van der Waals surface area contributed by atoms with Gasteiger partial charge in [0.25, 0.3) is 11.6 Å². The maximum atomic E-state index is 12.9. The number of nitro benzene ring substituents is 1. The Hall–Kier alpha value is -2.77. The number of ether oxygens (including phenoxy) is 1. The quantitative estimate of drug-likeness (QED) is 0.329. The number of piperidine rings is 1. The van der Waals surface area contributed by atoms with Gasteiger partial charge in [-0.3, -0.25) is 25.0 Å². The number of nitrogens with zero attached hydrogens (tertiary/aromatic N) is 2. The average molecular weight is 491 g/mol. The first-order valence-electron chi connectivity index (χ1n) is 9.63. The zero-order valence-electron chi connectivity index (χ0n) is 17.4. The molecule has 0 spiro atoms. The third kappa shape index (κ3) is 6.61. The molecular formula is C18H23ClN4O8S. The lowest BCUT2D eigenvalue weighted by Gasteiger charge is -2.30. The van der Waals surface area contributed by atoms with E-state index in [1.165, 1.54) is 0 Å². The van der Waals surface area contributed by atoms with Gasteiger partial charge in [0.1, 0.15) is 4.90 Å². The molecule has 1 fully saturated rings. The zero-order valence-corrected chi connectivity index (χ0v) is 18.9. The van der Waals surface area contributed by atoms with Crippen LogP contribution in [0.15, 0.2) is 23.1 Å². The molecule has 1 aromatic rings. The molecule has 1 aromatic carbocycles. The van der Waals surface area contributed by atoms with E-state index in [1.807, 2.05) is 5.32 Å². The predicted molar refractivity (Wildman–Crippen MR) is 112 cm³/mol. The van der Waals surface area contributed by atoms with Crippen molar-refractivity contribution in [3.05, 3.63) is 33.3 Å². The fourth-order valence-electron chi connectivity index (χ4n) is 2.99. The number of hydrogen-bond acceptors (Lipinski definition) is 8. The van der Waals surface area contributed by atoms with Crippen LogP contribution in [0.3, 0.4) is 0 Å². The molecule has 14 heteroatoms. The van der Waals surface area contributed by atoms with Gasteiger partial charge in [-0.2, -0.15) is 4.31 Å². The molecule has 0 aliphatic carbocycles. The van der Waals surface area contributed by atoms with Crippen molar-refractivity contribution in [2.24, 2.45) is 5.92 Å². The number of sulfonamides is 1. The molecule has 0 bridgehead atoms. The highest BCUT2D eigenvalue weighted by atomic mass is 35.5. The van der Waals surface area contributed by atoms with Crippen LogP contribution < -0.4 is 10.6 Å². The standard InChI is InChI=1S/C18H23ClN4O8S/c1-11(2)20-18(26)21-16(24)10-31-17(25)12-5-7-22(8-6-12)32(29,30)15-9-13(23(27)28)3-4-14(15)19/h3-4,9,11-12H,5-8,10H2,1-2H3,(H2,20,21,24,26). The van der Waals surface area contributed by atoms with Gasteiger partial charge in [-0.1, -0.05) is 11.6 Å². The largest absolute Gasteiger partial charge is 0.455 e. The number of hydrogen-bond donors (Lipinski definition) is 2. The van der Waals surface area contributed by atoms with E-state index in [9.17, 15) is 32.9 Å². The third-order valence-electron chi connectivity index (χ3n) is 4.55. The van der Waals surface area contributed by atoms with E-state index in [-0.39, 0.29) is 41.9 Å². The Labute approximate surface area is 189 Å². The molecule has 1 heterocycles. The minimum Gasteiger partial charge on any atom is -0.455 e. The highest BCUT2D eigenvalue weighted by Crippen LogP contribution is 2.31. The van der Waals surface area contributed by atoms with Gasteiger partial charge in [0.15, 0.2) is 6.61 Å². The molecule has 1 aliphatic rings. The highest BCUT2D eigenvalue weighted by Gasteiger charge is 2.34. The van der Waals surface area contributed by atoms with Crippen molar-refractivity contribution in [2.75, 3.05) is 19.7 Å². The fraction of sp³-hybridized carbons (Fsp3) is 0.500. The first-order chi connectivity index (χ1) is 14.9. The number of imide groups is 1. The number of halogens is 1. The maximum absolute atomic E-state index is 12.9. The molecule has 2 rings (SSSR count). The van der Waals surface area contributed by atoms with Gasteiger partial charge in [0, 0.05) is 31.3 Å². The van der Waals surface area contributed by atoms with Crippen molar-refractivity contribution in [3.8, 4) is 0 Å². The van der Waals surface area contributed by atoms with Crippen LogP contribution in [-0.4, -0.2) is 61.3 Å². The molecule has 1 aliphatic heterocycles. The van der Waals surface area contributed by atoms with Gasteiger partial charge in [0.05, 0.1) is 15.9 Å². The van der Waals surface area contributed by atoms with Gasteiger partial charge in [-0.05, 0) is 32.8 Å². The van der Waals surface area contributed by atoms with Crippen molar-refractivity contribution < 1.29 is 32.5 Å². The molecule has 1 saturated heterocycles. The summed E-state index contributed by atoms with van der Waals surface area (Å²) >= 11 is 5.95. The van der Waals surface area contributed by atoms with Crippen LogP contribution in [0, 0.1) is 16.0 Å². The summed E-state index contributed by atoms with van der Waals surface area (Å²) in [5.74, 6) is -2.12. The van der Waals surface area contributed by atoms with Crippen molar-refractivity contribution in [3.63, 3.8) is 0 Å². The van der Waals surface area contributed by atoms with Crippen molar-refractivity contribution in [1.82, 2.24) is 14.9 Å². The van der Waals surface area contributed by atoms with E-state index in [0.717, 1.165) is 22.5 Å². The Balaban J connectivity index is 1.92. The van der Waals surface area contributed by atoms with Gasteiger partial charge >= 0.3 is 12.0 Å². The van der Waals surface area contributed by atoms with Crippen molar-refractivity contribution in [2.45, 2.75) is 37.6 Å². The number of amides is 3. The number of carbonyl (C=O) groups is 3. The predicted octanol–water partition coefficient (Wildman–Crippen LogP) is 1.43. The topological polar surface area (TPSA) is 165 Å². The van der Waals surface area contributed by atoms with E-state index in [0.29, 0.717) is 0 Å². The van der Waals surface area contributed by atoms with E-state index < -0.39 is 51.1 Å². The van der Waals surface area contributed by atoms with Crippen LogP contribution in [0.4, 0.5) is 10.5 Å². The first-order valence-corrected chi connectivity index (χ1v) is 11.4. The minimum atomic E-state index is -4.11. The Morgan fingerprint density at radius 3 is 2.47 bits per heavy atom. The summed E-state index contributed by atoms with van der Waals surface area (Å²) < 4.78 is 31.7. The number of esters is 1. The molecule has 12 nitrogen and oxygen atoms in total. The molecule has 0 atom stereocenters. The number of non-ortho nitro benzene ring substituents is 1. The SMILES string of the molecule is CC(C)NC(=O)NC(=O)COC(=O)C1CCN(S(=O)(=O)c2cc([N+](=O)[O-])ccc2Cl)CC1. The molecule has 0 radical (unpaired) electrons. The normalized spacial score (nSPS) is 15.2. The Kier molecular flexibility index (Phi) is 8.52. The Bertz CT molecular complexity index is 1010. The lowest BCUT2D eigenvalue weighted by atomic mass is 9.98. The van der Waals surface area contributed by atoms with Crippen LogP contribution in [0.1, 0.15) is 26.7 Å². The van der Waals surface area contributed by atoms with Crippen LogP contribution in [0.25, 0.3) is 0 Å². The van der Waals surface area contributed by atoms with E-state index in [4.69, 9.17) is 16.3 Å². The molecule has 0 aromatic heterocycles. The van der Waals surface area contributed by atoms with Crippen LogP contribution >= 0.6 is 11.6 Å². The second-order valence-electron chi connectivity index (χ2n) is 7.33. The number of carbonyl (C=O) groups excluding carboxylic acids is 3. The van der Waals surface area contributed by atoms with E-state index in [1.54, 1.807) is 13.8 Å². The highest BCUT2D eigenvalue weighted by molar-refractivity contribution is 7.89. The first kappa shape index (κ1) is 25.5. The van der Waals surface area contributed by atoms with Gasteiger partial charge in [0.2, 0.25) is 10.0 Å². The number of benzene rings is 1. The second-order valence-corrected chi connectivity index (χ2v) is 9.65. The maximum Gasteiger partial charge on any atom is 0.321 e. The molecule has 3 amide bonds. The summed E-state index contributed by atoms with van der Waals surface area (Å²) in [6.07, 6.45) is 0.250. The summed E-state index contributed by atoms with van der Waals surface area (Å²) in [6.45, 7) is 2.70. The number of rotatable bonds is 7. The minimum absolute atomic E-state index is 0.0376. The number of urea groups is 1. The van der Waals surface area contributed by atoms with Crippen LogP contribution in [0.5, 0.6) is 0 Å². The molecular weight excluding hydrogens is 468 g/mol. The fourth-order valence-corrected chi connectivity index (χ4v) is 4.95. The van der Waals surface area contributed by atoms with Crippen molar-refractivity contribution >= 4 is 45.2 Å². The lowest BCUT2D eigenvalue weighted by Crippen LogP contribution is -2.44. The monoisotopic (exact) mass is 490 g/mol. The molecule has 176 valence electrons. The van der Waals surface area contributed by atoms with Crippen LogP contribution in [-0.2, 0) is 24.3 Å².